The summed E-state index contributed by atoms with van der Waals surface area (Å²) in [6.45, 7) is 5.37. The van der Waals surface area contributed by atoms with Gasteiger partial charge in [-0.15, -0.1) is 11.3 Å². The summed E-state index contributed by atoms with van der Waals surface area (Å²) in [6, 6.07) is 11.0. The minimum absolute atomic E-state index is 0.00476. The van der Waals surface area contributed by atoms with Gasteiger partial charge in [-0.1, -0.05) is 32.9 Å². The highest BCUT2D eigenvalue weighted by molar-refractivity contribution is 7.19. The monoisotopic (exact) mass is 405 g/mol. The van der Waals surface area contributed by atoms with Gasteiger partial charge in [0.2, 0.25) is 5.71 Å². The van der Waals surface area contributed by atoms with Crippen LogP contribution >= 0.6 is 11.3 Å². The number of hydrogen-bond donors (Lipinski definition) is 0. The van der Waals surface area contributed by atoms with E-state index in [4.69, 9.17) is 16.3 Å². The van der Waals surface area contributed by atoms with E-state index in [1.54, 1.807) is 23.6 Å². The number of pyridine rings is 2. The van der Waals surface area contributed by atoms with Crippen molar-refractivity contribution in [1.29, 1.82) is 0 Å². The van der Waals surface area contributed by atoms with Gasteiger partial charge >= 0.3 is 0 Å². The molecule has 4 heterocycles. The van der Waals surface area contributed by atoms with Crippen molar-refractivity contribution in [1.82, 2.24) is 9.97 Å². The maximum absolute atomic E-state index is 8.79. The van der Waals surface area contributed by atoms with Crippen LogP contribution in [0.2, 0.25) is 0 Å². The number of aromatic nitrogens is 2. The van der Waals surface area contributed by atoms with E-state index in [0.717, 1.165) is 31.3 Å². The largest absolute Gasteiger partial charge is 0.437 e. The summed E-state index contributed by atoms with van der Waals surface area (Å²) >= 11 is 1.56. The van der Waals surface area contributed by atoms with Gasteiger partial charge in [0.05, 0.1) is 5.69 Å². The molecule has 0 aliphatic heterocycles. The SMILES string of the molecule is [2H]C([2H])([2H])c1ccc2c(n1)oc1c(-c3cc4sc(C)c(C([2H])([2H])C(C)(C)C)c4cn3)cccc12. The van der Waals surface area contributed by atoms with Crippen LogP contribution in [0, 0.1) is 19.2 Å². The summed E-state index contributed by atoms with van der Waals surface area (Å²) in [7, 11) is 0. The molecule has 146 valence electrons. The number of thiophene rings is 1. The van der Waals surface area contributed by atoms with E-state index in [1.807, 2.05) is 52.0 Å². The molecule has 0 radical (unpaired) electrons. The fourth-order valence-corrected chi connectivity index (χ4v) is 4.70. The van der Waals surface area contributed by atoms with E-state index in [1.165, 1.54) is 6.07 Å². The summed E-state index contributed by atoms with van der Waals surface area (Å²) in [6.07, 6.45) is 0.239. The molecule has 4 heteroatoms. The molecule has 0 bridgehead atoms. The van der Waals surface area contributed by atoms with E-state index in [0.29, 0.717) is 16.8 Å². The lowest BCUT2D eigenvalue weighted by Gasteiger charge is -2.18. The molecule has 29 heavy (non-hydrogen) atoms. The Labute approximate surface area is 181 Å². The van der Waals surface area contributed by atoms with E-state index in [-0.39, 0.29) is 11.4 Å². The topological polar surface area (TPSA) is 38.9 Å². The van der Waals surface area contributed by atoms with Gasteiger partial charge in [-0.3, -0.25) is 4.98 Å². The van der Waals surface area contributed by atoms with E-state index < -0.39 is 18.6 Å². The molecule has 0 saturated heterocycles. The molecular weight excluding hydrogens is 376 g/mol. The predicted molar refractivity (Wildman–Crippen MR) is 123 cm³/mol. The average molecular weight is 406 g/mol. The molecule has 0 fully saturated rings. The van der Waals surface area contributed by atoms with Gasteiger partial charge in [0.1, 0.15) is 5.58 Å². The third kappa shape index (κ3) is 3.12. The summed E-state index contributed by atoms with van der Waals surface area (Å²) in [4.78, 5) is 9.88. The van der Waals surface area contributed by atoms with Gasteiger partial charge < -0.3 is 4.42 Å². The molecule has 0 atom stereocenters. The average Bonchev–Trinajstić information content (AvgIpc) is 3.27. The first-order valence-corrected chi connectivity index (χ1v) is 10.3. The van der Waals surface area contributed by atoms with Crippen molar-refractivity contribution < 1.29 is 11.3 Å². The number of benzene rings is 1. The highest BCUT2D eigenvalue weighted by atomic mass is 32.1. The minimum Gasteiger partial charge on any atom is -0.437 e. The van der Waals surface area contributed by atoms with Crippen LogP contribution < -0.4 is 0 Å². The molecule has 0 unspecified atom stereocenters. The second-order valence-electron chi connectivity index (χ2n) is 8.31. The molecular formula is C25H24N2OS. The summed E-state index contributed by atoms with van der Waals surface area (Å²) < 4.78 is 47.5. The van der Waals surface area contributed by atoms with E-state index in [2.05, 4.69) is 4.98 Å². The molecule has 0 aliphatic carbocycles. The van der Waals surface area contributed by atoms with Gasteiger partial charge in [0, 0.05) is 50.0 Å². The lowest BCUT2D eigenvalue weighted by molar-refractivity contribution is 0.412. The molecule has 0 saturated carbocycles. The third-order valence-electron chi connectivity index (χ3n) is 4.89. The van der Waals surface area contributed by atoms with Crippen LogP contribution in [-0.2, 0) is 6.37 Å². The Balaban J connectivity index is 1.69. The maximum Gasteiger partial charge on any atom is 0.227 e. The number of nitrogens with zero attached hydrogens (tertiary/aromatic N) is 2. The standard InChI is InChI=1S/C25H24N2OS/c1-14-9-10-17-16-7-6-8-18(23(16)28-24(17)27-14)21-11-22-20(13-26-21)19(15(2)29-22)12-25(3,4)5/h6-11,13H,12H2,1-5H3/i1D3,12D2. The smallest absolute Gasteiger partial charge is 0.227 e. The van der Waals surface area contributed by atoms with Crippen LogP contribution in [-0.4, -0.2) is 9.97 Å². The Hall–Kier alpha value is -2.72. The summed E-state index contributed by atoms with van der Waals surface area (Å²) in [5, 5.41) is 2.41. The van der Waals surface area contributed by atoms with Crippen molar-refractivity contribution in [2.75, 3.05) is 0 Å². The van der Waals surface area contributed by atoms with Crippen LogP contribution in [0.25, 0.3) is 43.4 Å². The van der Waals surface area contributed by atoms with E-state index >= 15 is 0 Å². The highest BCUT2D eigenvalue weighted by Crippen LogP contribution is 2.39. The van der Waals surface area contributed by atoms with Crippen LogP contribution in [0.15, 0.2) is 47.0 Å². The zero-order chi connectivity index (χ0) is 24.6. The zero-order valence-electron chi connectivity index (χ0n) is 21.8. The molecule has 0 amide bonds. The van der Waals surface area contributed by atoms with Crippen molar-refractivity contribution in [2.45, 2.75) is 40.9 Å². The Bertz CT molecular complexity index is 1570. The van der Waals surface area contributed by atoms with Crippen LogP contribution in [0.1, 0.15) is 43.8 Å². The molecule has 1 aromatic carbocycles. The quantitative estimate of drug-likeness (QED) is 0.306. The number of aryl methyl sites for hydroxylation is 2. The van der Waals surface area contributed by atoms with Crippen LogP contribution in [0.3, 0.4) is 0 Å². The predicted octanol–water partition coefficient (Wildman–Crippen LogP) is 7.46. The molecule has 0 aliphatic rings. The Morgan fingerprint density at radius 3 is 2.79 bits per heavy atom. The normalized spacial score (nSPS) is 15.9. The first-order valence-electron chi connectivity index (χ1n) is 12.0. The minimum atomic E-state index is -2.31. The Morgan fingerprint density at radius 1 is 1.14 bits per heavy atom. The van der Waals surface area contributed by atoms with Crippen LogP contribution in [0.4, 0.5) is 0 Å². The second kappa shape index (κ2) is 6.39. The van der Waals surface area contributed by atoms with Crippen LogP contribution in [0.5, 0.6) is 0 Å². The number of rotatable bonds is 2. The molecule has 5 aromatic rings. The third-order valence-corrected chi connectivity index (χ3v) is 5.96. The lowest BCUT2D eigenvalue weighted by Crippen LogP contribution is -2.09. The summed E-state index contributed by atoms with van der Waals surface area (Å²) in [5.74, 6) is 0. The van der Waals surface area contributed by atoms with Crippen molar-refractivity contribution in [3.8, 4) is 11.3 Å². The number of fused-ring (bicyclic) bond motifs is 4. The van der Waals surface area contributed by atoms with Crippen molar-refractivity contribution >= 4 is 43.5 Å². The van der Waals surface area contributed by atoms with Crippen molar-refractivity contribution in [3.63, 3.8) is 0 Å². The van der Waals surface area contributed by atoms with Crippen molar-refractivity contribution in [2.24, 2.45) is 5.41 Å². The van der Waals surface area contributed by atoms with Gasteiger partial charge in [-0.2, -0.15) is 0 Å². The maximum atomic E-state index is 8.79. The van der Waals surface area contributed by atoms with E-state index in [9.17, 15) is 0 Å². The Morgan fingerprint density at radius 2 is 2.00 bits per heavy atom. The molecule has 3 nitrogen and oxygen atoms in total. The number of furan rings is 1. The number of hydrogen-bond acceptors (Lipinski definition) is 4. The Kier molecular flexibility index (Phi) is 2.97. The second-order valence-corrected chi connectivity index (χ2v) is 9.56. The highest BCUT2D eigenvalue weighted by Gasteiger charge is 2.19. The molecule has 5 rings (SSSR count). The first-order chi connectivity index (χ1) is 15.8. The lowest BCUT2D eigenvalue weighted by atomic mass is 9.87. The molecule has 0 N–H and O–H groups in total. The van der Waals surface area contributed by atoms with Gasteiger partial charge in [-0.05, 0) is 55.4 Å². The fourth-order valence-electron chi connectivity index (χ4n) is 3.67. The zero-order valence-corrected chi connectivity index (χ0v) is 17.6. The molecule has 0 spiro atoms. The molecule has 4 aromatic heterocycles. The summed E-state index contributed by atoms with van der Waals surface area (Å²) in [5.41, 5.74) is 2.49. The number of para-hydroxylation sites is 1. The van der Waals surface area contributed by atoms with Gasteiger partial charge in [0.15, 0.2) is 0 Å². The fraction of sp³-hybridized carbons (Fsp3) is 0.280. The van der Waals surface area contributed by atoms with Crippen molar-refractivity contribution in [3.05, 3.63) is 58.7 Å². The van der Waals surface area contributed by atoms with Gasteiger partial charge in [-0.25, -0.2) is 4.98 Å². The first kappa shape index (κ1) is 13.5. The van der Waals surface area contributed by atoms with Gasteiger partial charge in [0.25, 0.3) is 0 Å².